The highest BCUT2D eigenvalue weighted by Gasteiger charge is 2.08. The van der Waals surface area contributed by atoms with Crippen molar-refractivity contribution >= 4 is 5.91 Å². The summed E-state index contributed by atoms with van der Waals surface area (Å²) in [5.41, 5.74) is 2.07. The molecule has 2 aromatic rings. The van der Waals surface area contributed by atoms with Crippen molar-refractivity contribution in [3.05, 3.63) is 53.9 Å². The van der Waals surface area contributed by atoms with Crippen molar-refractivity contribution in [2.75, 3.05) is 13.7 Å². The molecule has 0 aliphatic rings. The summed E-state index contributed by atoms with van der Waals surface area (Å²) in [6.45, 7) is 5.73. The normalized spacial score (nSPS) is 10.6. The van der Waals surface area contributed by atoms with Crippen LogP contribution in [0.4, 0.5) is 0 Å². The van der Waals surface area contributed by atoms with Gasteiger partial charge in [0.15, 0.2) is 11.5 Å². The summed E-state index contributed by atoms with van der Waals surface area (Å²) in [6.07, 6.45) is 3.98. The summed E-state index contributed by atoms with van der Waals surface area (Å²) in [6, 6.07) is 9.65. The Morgan fingerprint density at radius 2 is 2.00 bits per heavy atom. The molecule has 1 amide bonds. The lowest BCUT2D eigenvalue weighted by molar-refractivity contribution is -0.121. The average Bonchev–Trinajstić information content (AvgIpc) is 2.65. The fourth-order valence-electron chi connectivity index (χ4n) is 2.40. The number of hydrogen-bond acceptors (Lipinski definition) is 5. The smallest absolute Gasteiger partial charge is 0.221 e. The molecule has 1 heterocycles. The quantitative estimate of drug-likeness (QED) is 0.640. The predicted octanol–water partition coefficient (Wildman–Crippen LogP) is 2.67. The van der Waals surface area contributed by atoms with Crippen LogP contribution in [0.1, 0.15) is 31.4 Å². The number of methoxy groups -OCH3 is 1. The lowest BCUT2D eigenvalue weighted by atomic mass is 10.2. The third-order valence-corrected chi connectivity index (χ3v) is 3.66. The van der Waals surface area contributed by atoms with Gasteiger partial charge in [0.1, 0.15) is 0 Å². The summed E-state index contributed by atoms with van der Waals surface area (Å²) in [7, 11) is 1.63. The van der Waals surface area contributed by atoms with Crippen LogP contribution in [0.2, 0.25) is 0 Å². The van der Waals surface area contributed by atoms with Gasteiger partial charge in [0, 0.05) is 38.4 Å². The molecule has 0 aliphatic heterocycles. The molecule has 140 valence electrons. The van der Waals surface area contributed by atoms with Crippen LogP contribution in [-0.4, -0.2) is 30.6 Å². The van der Waals surface area contributed by atoms with Gasteiger partial charge in [-0.1, -0.05) is 12.1 Å². The number of ether oxygens (including phenoxy) is 2. The van der Waals surface area contributed by atoms with Gasteiger partial charge in [0.05, 0.1) is 13.2 Å². The maximum Gasteiger partial charge on any atom is 0.221 e. The summed E-state index contributed by atoms with van der Waals surface area (Å²) in [4.78, 5) is 15.9. The van der Waals surface area contributed by atoms with Crippen LogP contribution < -0.4 is 20.1 Å². The zero-order valence-corrected chi connectivity index (χ0v) is 15.6. The molecule has 0 aliphatic carbocycles. The van der Waals surface area contributed by atoms with E-state index in [-0.39, 0.29) is 12.0 Å². The molecule has 6 nitrogen and oxygen atoms in total. The number of nitrogens with one attached hydrogen (secondary N) is 2. The molecule has 0 radical (unpaired) electrons. The van der Waals surface area contributed by atoms with Crippen molar-refractivity contribution in [2.45, 2.75) is 39.5 Å². The van der Waals surface area contributed by atoms with Crippen molar-refractivity contribution in [2.24, 2.45) is 0 Å². The Balaban J connectivity index is 1.71. The molecule has 0 unspecified atom stereocenters. The minimum Gasteiger partial charge on any atom is -0.493 e. The third-order valence-electron chi connectivity index (χ3n) is 3.66. The molecule has 2 rings (SSSR count). The van der Waals surface area contributed by atoms with Gasteiger partial charge in [0.25, 0.3) is 0 Å². The van der Waals surface area contributed by atoms with Crippen molar-refractivity contribution in [3.8, 4) is 11.5 Å². The molecule has 0 saturated carbocycles. The van der Waals surface area contributed by atoms with E-state index in [1.54, 1.807) is 19.5 Å². The van der Waals surface area contributed by atoms with E-state index in [0.717, 1.165) is 16.9 Å². The fourth-order valence-corrected chi connectivity index (χ4v) is 2.40. The van der Waals surface area contributed by atoms with Crippen molar-refractivity contribution in [1.82, 2.24) is 15.6 Å². The topological polar surface area (TPSA) is 72.5 Å². The zero-order valence-electron chi connectivity index (χ0n) is 15.6. The molecular formula is C20H27N3O3. The lowest BCUT2D eigenvalue weighted by Crippen LogP contribution is -2.27. The van der Waals surface area contributed by atoms with E-state index in [1.165, 1.54) is 0 Å². The second-order valence-corrected chi connectivity index (χ2v) is 6.22. The van der Waals surface area contributed by atoms with Crippen LogP contribution in [0.15, 0.2) is 42.7 Å². The van der Waals surface area contributed by atoms with E-state index in [0.29, 0.717) is 31.8 Å². The largest absolute Gasteiger partial charge is 0.493 e. The van der Waals surface area contributed by atoms with Crippen molar-refractivity contribution in [1.29, 1.82) is 0 Å². The van der Waals surface area contributed by atoms with Gasteiger partial charge in [-0.05, 0) is 43.2 Å². The molecule has 0 bridgehead atoms. The first-order chi connectivity index (χ1) is 12.6. The first-order valence-electron chi connectivity index (χ1n) is 8.78. The third kappa shape index (κ3) is 6.72. The van der Waals surface area contributed by atoms with Gasteiger partial charge in [-0.15, -0.1) is 0 Å². The Morgan fingerprint density at radius 3 is 2.69 bits per heavy atom. The Morgan fingerprint density at radius 1 is 1.15 bits per heavy atom. The van der Waals surface area contributed by atoms with E-state index in [1.807, 2.05) is 44.2 Å². The van der Waals surface area contributed by atoms with E-state index < -0.39 is 0 Å². The second-order valence-electron chi connectivity index (χ2n) is 6.22. The Hall–Kier alpha value is -2.60. The molecule has 0 saturated heterocycles. The summed E-state index contributed by atoms with van der Waals surface area (Å²) < 4.78 is 11.1. The Labute approximate surface area is 154 Å². The molecule has 2 N–H and O–H groups in total. The van der Waals surface area contributed by atoms with Gasteiger partial charge in [-0.3, -0.25) is 9.78 Å². The van der Waals surface area contributed by atoms with Crippen molar-refractivity contribution < 1.29 is 14.3 Å². The van der Waals surface area contributed by atoms with Gasteiger partial charge in [-0.2, -0.15) is 0 Å². The predicted molar refractivity (Wildman–Crippen MR) is 101 cm³/mol. The average molecular weight is 357 g/mol. The number of benzene rings is 1. The summed E-state index contributed by atoms with van der Waals surface area (Å²) in [5.74, 6) is 1.47. The van der Waals surface area contributed by atoms with Gasteiger partial charge in [0.2, 0.25) is 5.91 Å². The number of carbonyl (C=O) groups is 1. The lowest BCUT2D eigenvalue weighted by Gasteiger charge is -2.14. The van der Waals surface area contributed by atoms with Crippen molar-refractivity contribution in [3.63, 3.8) is 0 Å². The molecule has 0 atom stereocenters. The second kappa shape index (κ2) is 10.4. The maximum atomic E-state index is 11.9. The van der Waals surface area contributed by atoms with Crippen LogP contribution in [0, 0.1) is 0 Å². The monoisotopic (exact) mass is 357 g/mol. The maximum absolute atomic E-state index is 11.9. The minimum absolute atomic E-state index is 0.0135. The van der Waals surface area contributed by atoms with Gasteiger partial charge < -0.3 is 20.1 Å². The van der Waals surface area contributed by atoms with E-state index in [9.17, 15) is 4.79 Å². The molecule has 6 heteroatoms. The first-order valence-corrected chi connectivity index (χ1v) is 8.78. The van der Waals surface area contributed by atoms with E-state index in [2.05, 4.69) is 15.6 Å². The first kappa shape index (κ1) is 19.7. The molecule has 26 heavy (non-hydrogen) atoms. The van der Waals surface area contributed by atoms with Crippen LogP contribution in [0.5, 0.6) is 11.5 Å². The number of aromatic nitrogens is 1. The number of rotatable bonds is 10. The molecule has 0 fully saturated rings. The standard InChI is InChI=1S/C20H27N3O3/c1-15(2)26-18-7-6-16(11-19(18)25-3)12-22-10-8-20(24)23-14-17-5-4-9-21-13-17/h4-7,9,11,13,15,22H,8,10,12,14H2,1-3H3,(H,23,24). The minimum atomic E-state index is 0.0135. The number of nitrogens with zero attached hydrogens (tertiary/aromatic N) is 1. The number of carbonyl (C=O) groups excluding carboxylic acids is 1. The number of amides is 1. The zero-order chi connectivity index (χ0) is 18.8. The SMILES string of the molecule is COc1cc(CNCCC(=O)NCc2cccnc2)ccc1OC(C)C. The summed E-state index contributed by atoms with van der Waals surface area (Å²) >= 11 is 0. The fraction of sp³-hybridized carbons (Fsp3) is 0.400. The van der Waals surface area contributed by atoms with Crippen LogP contribution in [0.3, 0.4) is 0 Å². The Bertz CT molecular complexity index is 690. The van der Waals surface area contributed by atoms with Crippen LogP contribution in [0.25, 0.3) is 0 Å². The highest BCUT2D eigenvalue weighted by Crippen LogP contribution is 2.28. The van der Waals surface area contributed by atoms with E-state index in [4.69, 9.17) is 9.47 Å². The number of pyridine rings is 1. The number of hydrogen-bond donors (Lipinski definition) is 2. The van der Waals surface area contributed by atoms with Gasteiger partial charge >= 0.3 is 0 Å². The molecule has 1 aromatic carbocycles. The molecule has 1 aromatic heterocycles. The van der Waals surface area contributed by atoms with E-state index >= 15 is 0 Å². The molecular weight excluding hydrogens is 330 g/mol. The Kier molecular flexibility index (Phi) is 7.89. The van der Waals surface area contributed by atoms with Crippen LogP contribution >= 0.6 is 0 Å². The molecule has 0 spiro atoms. The summed E-state index contributed by atoms with van der Waals surface area (Å²) in [5, 5.41) is 6.16. The highest BCUT2D eigenvalue weighted by atomic mass is 16.5. The highest BCUT2D eigenvalue weighted by molar-refractivity contribution is 5.76. The van der Waals surface area contributed by atoms with Crippen LogP contribution in [-0.2, 0) is 17.9 Å². The van der Waals surface area contributed by atoms with Gasteiger partial charge in [-0.25, -0.2) is 0 Å².